The van der Waals surface area contributed by atoms with E-state index in [1.54, 1.807) is 0 Å². The fraction of sp³-hybridized carbons (Fsp3) is 0.533. The Hall–Kier alpha value is -1.35. The van der Waals surface area contributed by atoms with Crippen molar-refractivity contribution in [3.8, 4) is 0 Å². The quantitative estimate of drug-likeness (QED) is 0.787. The first-order valence-electron chi connectivity index (χ1n) is 6.41. The zero-order chi connectivity index (χ0) is 13.5. The number of nitrogens with one attached hydrogen (secondary N) is 1. The molecule has 0 aliphatic carbocycles. The van der Waals surface area contributed by atoms with Crippen LogP contribution in [0.25, 0.3) is 0 Å². The predicted octanol–water partition coefficient (Wildman–Crippen LogP) is 2.54. The maximum Gasteiger partial charge on any atom is 0.309 e. The van der Waals surface area contributed by atoms with Crippen molar-refractivity contribution in [1.29, 1.82) is 0 Å². The second-order valence-electron chi connectivity index (χ2n) is 4.94. The summed E-state index contributed by atoms with van der Waals surface area (Å²) in [6.45, 7) is 7.34. The van der Waals surface area contributed by atoms with Crippen molar-refractivity contribution in [3.63, 3.8) is 0 Å². The van der Waals surface area contributed by atoms with Crippen LogP contribution in [0.15, 0.2) is 24.3 Å². The molecule has 0 heterocycles. The molecule has 18 heavy (non-hydrogen) atoms. The van der Waals surface area contributed by atoms with Crippen LogP contribution in [0.5, 0.6) is 0 Å². The summed E-state index contributed by atoms with van der Waals surface area (Å²) in [6, 6.07) is 8.44. The number of ether oxygens (including phenoxy) is 1. The summed E-state index contributed by atoms with van der Waals surface area (Å²) in [4.78, 5) is 11.3. The summed E-state index contributed by atoms with van der Waals surface area (Å²) < 4.78 is 4.71. The van der Waals surface area contributed by atoms with Crippen molar-refractivity contribution in [2.45, 2.75) is 39.8 Å². The van der Waals surface area contributed by atoms with Crippen molar-refractivity contribution in [1.82, 2.24) is 5.32 Å². The Balaban J connectivity index is 2.67. The van der Waals surface area contributed by atoms with Crippen LogP contribution in [0.2, 0.25) is 0 Å². The fourth-order valence-corrected chi connectivity index (χ4v) is 1.64. The Morgan fingerprint density at radius 1 is 1.22 bits per heavy atom. The Labute approximate surface area is 110 Å². The van der Waals surface area contributed by atoms with Crippen molar-refractivity contribution in [2.24, 2.45) is 5.92 Å². The molecule has 3 heteroatoms. The van der Waals surface area contributed by atoms with Crippen LogP contribution >= 0.6 is 0 Å². The Bertz CT molecular complexity index is 388. The minimum Gasteiger partial charge on any atom is -0.469 e. The molecule has 0 aliphatic heterocycles. The number of rotatable bonds is 6. The molecule has 0 spiro atoms. The normalized spacial score (nSPS) is 12.5. The van der Waals surface area contributed by atoms with Gasteiger partial charge in [0.2, 0.25) is 0 Å². The van der Waals surface area contributed by atoms with E-state index in [9.17, 15) is 4.79 Å². The van der Waals surface area contributed by atoms with Gasteiger partial charge in [0.15, 0.2) is 0 Å². The molecule has 1 rings (SSSR count). The highest BCUT2D eigenvalue weighted by Gasteiger charge is 2.10. The zero-order valence-electron chi connectivity index (χ0n) is 11.7. The lowest BCUT2D eigenvalue weighted by molar-refractivity contribution is -0.139. The molecule has 0 amide bonds. The van der Waals surface area contributed by atoms with Crippen LogP contribution < -0.4 is 5.32 Å². The molecule has 0 saturated carbocycles. The standard InChI is InChI=1S/C15H23NO2/c1-11(2)12(3)16-10-14-8-6-5-7-13(14)9-15(17)18-4/h5-8,11-12,16H,9-10H2,1-4H3. The number of hydrogen-bond donors (Lipinski definition) is 1. The molecule has 1 aromatic rings. The van der Waals surface area contributed by atoms with E-state index in [1.807, 2.05) is 18.2 Å². The molecule has 3 nitrogen and oxygen atoms in total. The second-order valence-corrected chi connectivity index (χ2v) is 4.94. The van der Waals surface area contributed by atoms with Gasteiger partial charge in [-0.2, -0.15) is 0 Å². The van der Waals surface area contributed by atoms with Gasteiger partial charge < -0.3 is 10.1 Å². The van der Waals surface area contributed by atoms with Gasteiger partial charge in [0.25, 0.3) is 0 Å². The van der Waals surface area contributed by atoms with Crippen molar-refractivity contribution < 1.29 is 9.53 Å². The lowest BCUT2D eigenvalue weighted by Crippen LogP contribution is -2.30. The second kappa shape index (κ2) is 7.17. The van der Waals surface area contributed by atoms with E-state index in [0.29, 0.717) is 18.4 Å². The molecule has 0 fully saturated rings. The number of benzene rings is 1. The number of carbonyl (C=O) groups is 1. The molecule has 1 aromatic carbocycles. The van der Waals surface area contributed by atoms with E-state index in [2.05, 4.69) is 32.2 Å². The Morgan fingerprint density at radius 2 is 1.83 bits per heavy atom. The van der Waals surface area contributed by atoms with Crippen molar-refractivity contribution in [2.75, 3.05) is 7.11 Å². The Morgan fingerprint density at radius 3 is 2.39 bits per heavy atom. The summed E-state index contributed by atoms with van der Waals surface area (Å²) in [5.41, 5.74) is 2.20. The van der Waals surface area contributed by atoms with Crippen molar-refractivity contribution >= 4 is 5.97 Å². The molecule has 1 unspecified atom stereocenters. The van der Waals surface area contributed by atoms with Gasteiger partial charge in [-0.15, -0.1) is 0 Å². The van der Waals surface area contributed by atoms with E-state index < -0.39 is 0 Å². The van der Waals surface area contributed by atoms with Gasteiger partial charge in [-0.3, -0.25) is 4.79 Å². The highest BCUT2D eigenvalue weighted by molar-refractivity contribution is 5.72. The maximum atomic E-state index is 11.3. The minimum absolute atomic E-state index is 0.195. The smallest absolute Gasteiger partial charge is 0.309 e. The zero-order valence-corrected chi connectivity index (χ0v) is 11.7. The molecular formula is C15H23NO2. The topological polar surface area (TPSA) is 38.3 Å². The number of hydrogen-bond acceptors (Lipinski definition) is 3. The van der Waals surface area contributed by atoms with Gasteiger partial charge in [-0.05, 0) is 24.0 Å². The SMILES string of the molecule is COC(=O)Cc1ccccc1CNC(C)C(C)C. The largest absolute Gasteiger partial charge is 0.469 e. The summed E-state index contributed by atoms with van der Waals surface area (Å²) in [7, 11) is 1.42. The number of esters is 1. The van der Waals surface area contributed by atoms with E-state index in [0.717, 1.165) is 17.7 Å². The third-order valence-electron chi connectivity index (χ3n) is 3.30. The summed E-state index contributed by atoms with van der Waals surface area (Å²) >= 11 is 0. The monoisotopic (exact) mass is 249 g/mol. The molecule has 1 N–H and O–H groups in total. The first-order valence-corrected chi connectivity index (χ1v) is 6.41. The Kier molecular flexibility index (Phi) is 5.86. The lowest BCUT2D eigenvalue weighted by atomic mass is 10.0. The number of carbonyl (C=O) groups excluding carboxylic acids is 1. The highest BCUT2D eigenvalue weighted by atomic mass is 16.5. The average molecular weight is 249 g/mol. The van der Waals surface area contributed by atoms with Crippen LogP contribution in [0.4, 0.5) is 0 Å². The summed E-state index contributed by atoms with van der Waals surface area (Å²) in [6.07, 6.45) is 0.338. The van der Waals surface area contributed by atoms with Gasteiger partial charge in [-0.1, -0.05) is 38.1 Å². The van der Waals surface area contributed by atoms with Gasteiger partial charge in [0.1, 0.15) is 0 Å². The number of methoxy groups -OCH3 is 1. The van der Waals surface area contributed by atoms with E-state index in [1.165, 1.54) is 7.11 Å². The minimum atomic E-state index is -0.195. The molecular weight excluding hydrogens is 226 g/mol. The average Bonchev–Trinajstić information content (AvgIpc) is 2.37. The first-order chi connectivity index (χ1) is 8.54. The third-order valence-corrected chi connectivity index (χ3v) is 3.30. The summed E-state index contributed by atoms with van der Waals surface area (Å²) in [5.74, 6) is 0.400. The third kappa shape index (κ3) is 4.49. The first kappa shape index (κ1) is 14.7. The molecule has 0 bridgehead atoms. The lowest BCUT2D eigenvalue weighted by Gasteiger charge is -2.18. The molecule has 0 radical (unpaired) electrons. The molecule has 0 saturated heterocycles. The fourth-order valence-electron chi connectivity index (χ4n) is 1.64. The van der Waals surface area contributed by atoms with E-state index in [-0.39, 0.29) is 5.97 Å². The molecule has 0 aromatic heterocycles. The molecule has 0 aliphatic rings. The highest BCUT2D eigenvalue weighted by Crippen LogP contribution is 2.11. The summed E-state index contributed by atoms with van der Waals surface area (Å²) in [5, 5.41) is 3.48. The van der Waals surface area contributed by atoms with Gasteiger partial charge in [0.05, 0.1) is 13.5 Å². The maximum absolute atomic E-state index is 11.3. The van der Waals surface area contributed by atoms with Crippen LogP contribution in [-0.2, 0) is 22.5 Å². The van der Waals surface area contributed by atoms with Crippen LogP contribution in [0, 0.1) is 5.92 Å². The van der Waals surface area contributed by atoms with Crippen molar-refractivity contribution in [3.05, 3.63) is 35.4 Å². The van der Waals surface area contributed by atoms with Gasteiger partial charge in [-0.25, -0.2) is 0 Å². The van der Waals surface area contributed by atoms with Crippen LogP contribution in [-0.4, -0.2) is 19.1 Å². The van der Waals surface area contributed by atoms with Crippen LogP contribution in [0.3, 0.4) is 0 Å². The predicted molar refractivity (Wildman–Crippen MR) is 73.3 cm³/mol. The van der Waals surface area contributed by atoms with Gasteiger partial charge in [0, 0.05) is 12.6 Å². The van der Waals surface area contributed by atoms with Gasteiger partial charge >= 0.3 is 5.97 Å². The van der Waals surface area contributed by atoms with E-state index >= 15 is 0 Å². The van der Waals surface area contributed by atoms with Crippen LogP contribution in [0.1, 0.15) is 31.9 Å². The molecule has 100 valence electrons. The molecule has 1 atom stereocenters. The van der Waals surface area contributed by atoms with E-state index in [4.69, 9.17) is 4.74 Å².